The predicted molar refractivity (Wildman–Crippen MR) is 123 cm³/mol. The molecule has 1 aliphatic rings. The number of nitrogens with one attached hydrogen (secondary N) is 1. The van der Waals surface area contributed by atoms with Crippen LogP contribution in [0.4, 0.5) is 11.8 Å². The lowest BCUT2D eigenvalue weighted by atomic mass is 9.91. The summed E-state index contributed by atoms with van der Waals surface area (Å²) in [5.74, 6) is 0.936. The zero-order valence-corrected chi connectivity index (χ0v) is 18.5. The van der Waals surface area contributed by atoms with Gasteiger partial charge in [0.2, 0.25) is 5.95 Å². The molecule has 1 aliphatic carbocycles. The van der Waals surface area contributed by atoms with E-state index in [0.29, 0.717) is 46.3 Å². The monoisotopic (exact) mass is 422 g/mol. The highest BCUT2D eigenvalue weighted by molar-refractivity contribution is 5.74. The Kier molecular flexibility index (Phi) is 5.86. The van der Waals surface area contributed by atoms with Crippen LogP contribution in [0.1, 0.15) is 45.6 Å². The zero-order chi connectivity index (χ0) is 22.1. The summed E-state index contributed by atoms with van der Waals surface area (Å²) in [5, 5.41) is 3.46. The third-order valence-electron chi connectivity index (χ3n) is 5.97. The molecule has 0 aliphatic heterocycles. The van der Waals surface area contributed by atoms with Crippen molar-refractivity contribution in [3.05, 3.63) is 34.9 Å². The summed E-state index contributed by atoms with van der Waals surface area (Å²) in [7, 11) is 4.27. The number of aromatic nitrogens is 5. The quantitative estimate of drug-likeness (QED) is 0.645. The van der Waals surface area contributed by atoms with E-state index < -0.39 is 0 Å². The van der Waals surface area contributed by atoms with Gasteiger partial charge >= 0.3 is 0 Å². The number of anilines is 2. The molecule has 9 heteroatoms. The molecule has 0 saturated heterocycles. The topological polar surface area (TPSA) is 115 Å². The van der Waals surface area contributed by atoms with Gasteiger partial charge in [0.15, 0.2) is 5.65 Å². The predicted octanol–water partition coefficient (Wildman–Crippen LogP) is 2.70. The van der Waals surface area contributed by atoms with Crippen molar-refractivity contribution < 1.29 is 0 Å². The molecule has 9 nitrogen and oxygen atoms in total. The molecule has 0 aromatic carbocycles. The number of hydrogen-bond acceptors (Lipinski definition) is 8. The lowest BCUT2D eigenvalue weighted by Gasteiger charge is -2.32. The molecule has 3 aromatic heterocycles. The Labute approximate surface area is 181 Å². The van der Waals surface area contributed by atoms with E-state index in [2.05, 4.69) is 44.2 Å². The van der Waals surface area contributed by atoms with Gasteiger partial charge in [-0.1, -0.05) is 0 Å². The first-order valence-electron chi connectivity index (χ1n) is 10.8. The number of rotatable bonds is 5. The fourth-order valence-electron chi connectivity index (χ4n) is 4.20. The molecule has 3 aromatic rings. The average molecular weight is 423 g/mol. The molecule has 0 bridgehead atoms. The van der Waals surface area contributed by atoms with Gasteiger partial charge in [-0.25, -0.2) is 15.0 Å². The minimum absolute atomic E-state index is 0.0863. The lowest BCUT2D eigenvalue weighted by Crippen LogP contribution is -2.36. The Bertz CT molecular complexity index is 1110. The van der Waals surface area contributed by atoms with Crippen molar-refractivity contribution in [2.24, 2.45) is 0 Å². The first-order chi connectivity index (χ1) is 14.8. The number of fused-ring (bicyclic) bond motifs is 1. The van der Waals surface area contributed by atoms with Crippen molar-refractivity contribution in [2.45, 2.75) is 57.7 Å². The maximum atomic E-state index is 13.3. The normalized spacial score (nSPS) is 19.3. The Balaban J connectivity index is 1.68. The molecular formula is C22H30N8O. The largest absolute Gasteiger partial charge is 0.384 e. The highest BCUT2D eigenvalue weighted by Crippen LogP contribution is 2.24. The number of hydrogen-bond donors (Lipinski definition) is 2. The Morgan fingerprint density at radius 2 is 1.84 bits per heavy atom. The Morgan fingerprint density at radius 1 is 1.10 bits per heavy atom. The fraction of sp³-hybridized carbons (Fsp3) is 0.500. The smallest absolute Gasteiger partial charge is 0.279 e. The number of nitrogens with two attached hydrogens (primary N) is 1. The molecule has 0 atom stereocenters. The Morgan fingerprint density at radius 3 is 2.45 bits per heavy atom. The minimum atomic E-state index is -0.204. The van der Waals surface area contributed by atoms with Crippen LogP contribution in [0.2, 0.25) is 0 Å². The molecular weight excluding hydrogens is 392 g/mol. The van der Waals surface area contributed by atoms with Crippen molar-refractivity contribution >= 4 is 22.9 Å². The molecule has 0 spiro atoms. The second-order valence-corrected chi connectivity index (χ2v) is 8.72. The van der Waals surface area contributed by atoms with Gasteiger partial charge in [-0.15, -0.1) is 0 Å². The summed E-state index contributed by atoms with van der Waals surface area (Å²) in [6, 6.07) is 4.29. The molecule has 3 heterocycles. The number of nitrogen functional groups attached to an aromatic ring is 1. The van der Waals surface area contributed by atoms with Crippen molar-refractivity contribution in [2.75, 3.05) is 25.1 Å². The summed E-state index contributed by atoms with van der Waals surface area (Å²) in [4.78, 5) is 33.4. The molecule has 164 valence electrons. The van der Waals surface area contributed by atoms with E-state index in [9.17, 15) is 4.79 Å². The van der Waals surface area contributed by atoms with Crippen LogP contribution in [-0.4, -0.2) is 55.6 Å². The van der Waals surface area contributed by atoms with Crippen molar-refractivity contribution in [1.82, 2.24) is 29.4 Å². The summed E-state index contributed by atoms with van der Waals surface area (Å²) in [6.07, 6.45) is 7.69. The zero-order valence-electron chi connectivity index (χ0n) is 18.5. The van der Waals surface area contributed by atoms with E-state index in [1.165, 1.54) is 0 Å². The van der Waals surface area contributed by atoms with E-state index in [4.69, 9.17) is 5.73 Å². The van der Waals surface area contributed by atoms with E-state index in [-0.39, 0.29) is 11.6 Å². The standard InChI is InChI=1S/C22H30N8O/c1-13(2)30-20-17(27-19(21(30)31)14-5-10-18(23)24-11-14)12-25-22(28-20)26-15-6-8-16(9-7-15)29(3)4/h5,10-13,15-16H,6-9H2,1-4H3,(H2,23,24)(H,25,26,28)/t15-,16-. The van der Waals surface area contributed by atoms with Crippen molar-refractivity contribution in [3.63, 3.8) is 0 Å². The molecule has 0 unspecified atom stereocenters. The summed E-state index contributed by atoms with van der Waals surface area (Å²) in [5.41, 5.74) is 7.52. The first kappa shape index (κ1) is 21.2. The first-order valence-corrected chi connectivity index (χ1v) is 10.8. The van der Waals surface area contributed by atoms with E-state index in [1.54, 1.807) is 29.1 Å². The lowest BCUT2D eigenvalue weighted by molar-refractivity contribution is 0.221. The van der Waals surface area contributed by atoms with Crippen LogP contribution in [-0.2, 0) is 0 Å². The van der Waals surface area contributed by atoms with E-state index in [0.717, 1.165) is 25.7 Å². The van der Waals surface area contributed by atoms with Gasteiger partial charge in [-0.05, 0) is 65.8 Å². The minimum Gasteiger partial charge on any atom is -0.384 e. The SMILES string of the molecule is CC(C)n1c(=O)c(-c2ccc(N)nc2)nc2cnc(N[C@H]3CC[C@H](N(C)C)CC3)nc21. The molecule has 1 saturated carbocycles. The van der Waals surface area contributed by atoms with Crippen LogP contribution in [0.15, 0.2) is 29.3 Å². The van der Waals surface area contributed by atoms with Gasteiger partial charge < -0.3 is 16.0 Å². The summed E-state index contributed by atoms with van der Waals surface area (Å²) >= 11 is 0. The van der Waals surface area contributed by atoms with Crippen molar-refractivity contribution in [1.29, 1.82) is 0 Å². The van der Waals surface area contributed by atoms with Crippen LogP contribution in [0, 0.1) is 0 Å². The number of pyridine rings is 1. The van der Waals surface area contributed by atoms with Gasteiger partial charge in [0, 0.05) is 29.9 Å². The van der Waals surface area contributed by atoms with Gasteiger partial charge in [0.05, 0.1) is 6.20 Å². The van der Waals surface area contributed by atoms with Gasteiger partial charge in [-0.2, -0.15) is 4.98 Å². The molecule has 1 fully saturated rings. The molecule has 0 radical (unpaired) electrons. The van der Waals surface area contributed by atoms with Crippen LogP contribution in [0.25, 0.3) is 22.4 Å². The third kappa shape index (κ3) is 4.36. The van der Waals surface area contributed by atoms with Crippen molar-refractivity contribution in [3.8, 4) is 11.3 Å². The van der Waals surface area contributed by atoms with Gasteiger partial charge in [0.25, 0.3) is 5.56 Å². The second kappa shape index (κ2) is 8.58. The summed E-state index contributed by atoms with van der Waals surface area (Å²) in [6.45, 7) is 3.92. The maximum absolute atomic E-state index is 13.3. The van der Waals surface area contributed by atoms with Crippen LogP contribution in [0.3, 0.4) is 0 Å². The molecule has 3 N–H and O–H groups in total. The van der Waals surface area contributed by atoms with Gasteiger partial charge in [0.1, 0.15) is 17.0 Å². The van der Waals surface area contributed by atoms with Gasteiger partial charge in [-0.3, -0.25) is 9.36 Å². The highest BCUT2D eigenvalue weighted by atomic mass is 16.1. The average Bonchev–Trinajstić information content (AvgIpc) is 2.74. The number of nitrogens with zero attached hydrogens (tertiary/aromatic N) is 6. The third-order valence-corrected chi connectivity index (χ3v) is 5.97. The van der Waals surface area contributed by atoms with E-state index in [1.807, 2.05) is 13.8 Å². The highest BCUT2D eigenvalue weighted by Gasteiger charge is 2.23. The Hall–Kier alpha value is -3.07. The van der Waals surface area contributed by atoms with Crippen LogP contribution < -0.4 is 16.6 Å². The van der Waals surface area contributed by atoms with E-state index >= 15 is 0 Å². The molecule has 31 heavy (non-hydrogen) atoms. The maximum Gasteiger partial charge on any atom is 0.279 e. The second-order valence-electron chi connectivity index (χ2n) is 8.72. The fourth-order valence-corrected chi connectivity index (χ4v) is 4.20. The van der Waals surface area contributed by atoms with Crippen LogP contribution in [0.5, 0.6) is 0 Å². The van der Waals surface area contributed by atoms with Crippen LogP contribution >= 0.6 is 0 Å². The molecule has 0 amide bonds. The molecule has 4 rings (SSSR count). The summed E-state index contributed by atoms with van der Waals surface area (Å²) < 4.78 is 1.67.